The van der Waals surface area contributed by atoms with Crippen molar-refractivity contribution in [3.63, 3.8) is 0 Å². The minimum absolute atomic E-state index is 0.196. The molecule has 0 aliphatic heterocycles. The van der Waals surface area contributed by atoms with E-state index in [-0.39, 0.29) is 5.95 Å². The van der Waals surface area contributed by atoms with E-state index in [2.05, 4.69) is 23.8 Å². The van der Waals surface area contributed by atoms with Crippen molar-refractivity contribution in [2.75, 3.05) is 18.1 Å². The second-order valence-corrected chi connectivity index (χ2v) is 7.63. The zero-order chi connectivity index (χ0) is 16.2. The summed E-state index contributed by atoms with van der Waals surface area (Å²) in [6, 6.07) is 5.75. The fourth-order valence-electron chi connectivity index (χ4n) is 4.68. The Morgan fingerprint density at radius 2 is 2.04 bits per heavy atom. The molecule has 3 fully saturated rings. The van der Waals surface area contributed by atoms with E-state index < -0.39 is 0 Å². The molecule has 2 bridgehead atoms. The molecule has 2 aromatic rings. The second-order valence-electron chi connectivity index (χ2n) is 7.63. The number of hydrogen-bond donors (Lipinski definition) is 2. The molecule has 3 unspecified atom stereocenters. The summed E-state index contributed by atoms with van der Waals surface area (Å²) >= 11 is 0. The van der Waals surface area contributed by atoms with Crippen LogP contribution in [0.5, 0.6) is 5.75 Å². The molecule has 122 valence electrons. The van der Waals surface area contributed by atoms with Gasteiger partial charge in [0.2, 0.25) is 5.95 Å². The van der Waals surface area contributed by atoms with E-state index in [4.69, 9.17) is 16.2 Å². The van der Waals surface area contributed by atoms with Crippen molar-refractivity contribution >= 4 is 22.7 Å². The van der Waals surface area contributed by atoms with E-state index in [9.17, 15) is 0 Å². The van der Waals surface area contributed by atoms with Crippen molar-refractivity contribution in [2.24, 2.45) is 23.2 Å². The Bertz CT molecular complexity index is 756. The zero-order valence-electron chi connectivity index (χ0n) is 13.7. The molecular formula is C18H24N4O. The summed E-state index contributed by atoms with van der Waals surface area (Å²) < 4.78 is 6.17. The van der Waals surface area contributed by atoms with Crippen molar-refractivity contribution in [3.05, 3.63) is 18.2 Å². The lowest BCUT2D eigenvalue weighted by Gasteiger charge is -2.60. The van der Waals surface area contributed by atoms with Crippen LogP contribution < -0.4 is 16.2 Å². The quantitative estimate of drug-likeness (QED) is 0.908. The van der Waals surface area contributed by atoms with Gasteiger partial charge in [-0.2, -0.15) is 4.98 Å². The highest BCUT2D eigenvalue weighted by atomic mass is 16.5. The Morgan fingerprint density at radius 3 is 2.78 bits per heavy atom. The van der Waals surface area contributed by atoms with Crippen LogP contribution in [-0.4, -0.2) is 16.6 Å². The SMILES string of the molecule is CC1(C)C2CCC(COc3cccc4nc(N)nc(N)c34)C1C2. The van der Waals surface area contributed by atoms with Gasteiger partial charge in [-0.05, 0) is 54.6 Å². The van der Waals surface area contributed by atoms with Gasteiger partial charge in [-0.3, -0.25) is 0 Å². The molecule has 1 aromatic heterocycles. The largest absolute Gasteiger partial charge is 0.492 e. The van der Waals surface area contributed by atoms with Crippen LogP contribution in [0.15, 0.2) is 18.2 Å². The Hall–Kier alpha value is -2.04. The lowest BCUT2D eigenvalue weighted by Crippen LogP contribution is -2.53. The average Bonchev–Trinajstić information content (AvgIpc) is 2.52. The van der Waals surface area contributed by atoms with Gasteiger partial charge in [0.25, 0.3) is 0 Å². The first kappa shape index (κ1) is 14.5. The van der Waals surface area contributed by atoms with E-state index in [1.165, 1.54) is 19.3 Å². The number of nitrogen functional groups attached to an aromatic ring is 2. The van der Waals surface area contributed by atoms with E-state index in [1.807, 2.05) is 18.2 Å². The van der Waals surface area contributed by atoms with Gasteiger partial charge in [0.15, 0.2) is 0 Å². The predicted octanol–water partition coefficient (Wildman–Crippen LogP) is 3.25. The highest BCUT2D eigenvalue weighted by molar-refractivity contribution is 5.94. The smallest absolute Gasteiger partial charge is 0.222 e. The molecule has 1 aromatic carbocycles. The molecule has 3 saturated carbocycles. The van der Waals surface area contributed by atoms with Crippen LogP contribution >= 0.6 is 0 Å². The Labute approximate surface area is 136 Å². The van der Waals surface area contributed by atoms with E-state index >= 15 is 0 Å². The lowest BCUT2D eigenvalue weighted by atomic mass is 9.46. The van der Waals surface area contributed by atoms with Gasteiger partial charge >= 0.3 is 0 Å². The van der Waals surface area contributed by atoms with Crippen LogP contribution in [0.1, 0.15) is 33.1 Å². The number of ether oxygens (including phenoxy) is 1. The molecule has 3 aliphatic carbocycles. The minimum Gasteiger partial charge on any atom is -0.492 e. The zero-order valence-corrected chi connectivity index (χ0v) is 13.7. The summed E-state index contributed by atoms with van der Waals surface area (Å²) in [7, 11) is 0. The average molecular weight is 312 g/mol. The molecule has 0 saturated heterocycles. The van der Waals surface area contributed by atoms with Crippen LogP contribution in [0, 0.1) is 23.2 Å². The third kappa shape index (κ3) is 2.21. The van der Waals surface area contributed by atoms with E-state index in [1.54, 1.807) is 0 Å². The van der Waals surface area contributed by atoms with E-state index in [0.717, 1.165) is 35.1 Å². The fourth-order valence-corrected chi connectivity index (χ4v) is 4.68. The number of nitrogens with zero attached hydrogens (tertiary/aromatic N) is 2. The van der Waals surface area contributed by atoms with Gasteiger partial charge in [0, 0.05) is 0 Å². The topological polar surface area (TPSA) is 87.0 Å². The van der Waals surface area contributed by atoms with Crippen LogP contribution in [0.2, 0.25) is 0 Å². The molecule has 5 nitrogen and oxygen atoms in total. The Morgan fingerprint density at radius 1 is 1.22 bits per heavy atom. The van der Waals surface area contributed by atoms with Gasteiger partial charge in [0.05, 0.1) is 17.5 Å². The number of fused-ring (bicyclic) bond motifs is 3. The summed E-state index contributed by atoms with van der Waals surface area (Å²) in [5.74, 6) is 3.66. The van der Waals surface area contributed by atoms with Gasteiger partial charge in [-0.25, -0.2) is 4.98 Å². The monoisotopic (exact) mass is 312 g/mol. The summed E-state index contributed by atoms with van der Waals surface area (Å²) in [4.78, 5) is 8.31. The van der Waals surface area contributed by atoms with Gasteiger partial charge in [-0.15, -0.1) is 0 Å². The molecule has 5 rings (SSSR count). The number of nitrogens with two attached hydrogens (primary N) is 2. The van der Waals surface area contributed by atoms with Crippen molar-refractivity contribution in [3.8, 4) is 5.75 Å². The van der Waals surface area contributed by atoms with Crippen LogP contribution in [-0.2, 0) is 0 Å². The second kappa shape index (κ2) is 4.98. The molecule has 1 heterocycles. The standard InChI is InChI=1S/C18H24N4O/c1-18(2)11-7-6-10(12(18)8-11)9-23-14-5-3-4-13-15(14)16(19)22-17(20)21-13/h3-5,10-12H,6-9H2,1-2H3,(H4,19,20,21,22). The summed E-state index contributed by atoms with van der Waals surface area (Å²) in [5, 5.41) is 0.767. The summed E-state index contributed by atoms with van der Waals surface area (Å²) in [5.41, 5.74) is 12.9. The molecule has 0 spiro atoms. The third-order valence-electron chi connectivity index (χ3n) is 6.18. The first-order valence-corrected chi connectivity index (χ1v) is 8.41. The molecule has 0 radical (unpaired) electrons. The number of benzene rings is 1. The molecule has 4 N–H and O–H groups in total. The van der Waals surface area contributed by atoms with Crippen molar-refractivity contribution in [2.45, 2.75) is 33.1 Å². The van der Waals surface area contributed by atoms with Gasteiger partial charge < -0.3 is 16.2 Å². The summed E-state index contributed by atoms with van der Waals surface area (Å²) in [6.07, 6.45) is 3.95. The van der Waals surface area contributed by atoms with Crippen molar-refractivity contribution in [1.82, 2.24) is 9.97 Å². The number of rotatable bonds is 3. The van der Waals surface area contributed by atoms with E-state index in [0.29, 0.717) is 17.2 Å². The highest BCUT2D eigenvalue weighted by Gasteiger charge is 2.54. The molecule has 0 amide bonds. The molecule has 3 atom stereocenters. The predicted molar refractivity (Wildman–Crippen MR) is 92.0 cm³/mol. The normalized spacial score (nSPS) is 28.3. The molecular weight excluding hydrogens is 288 g/mol. The van der Waals surface area contributed by atoms with Crippen molar-refractivity contribution < 1.29 is 4.74 Å². The minimum atomic E-state index is 0.196. The highest BCUT2D eigenvalue weighted by Crippen LogP contribution is 2.61. The number of aromatic nitrogens is 2. The maximum atomic E-state index is 6.17. The maximum absolute atomic E-state index is 6.17. The number of anilines is 2. The molecule has 5 heteroatoms. The van der Waals surface area contributed by atoms with Crippen LogP contribution in [0.25, 0.3) is 10.9 Å². The van der Waals surface area contributed by atoms with Gasteiger partial charge in [-0.1, -0.05) is 19.9 Å². The molecule has 23 heavy (non-hydrogen) atoms. The molecule has 3 aliphatic rings. The summed E-state index contributed by atoms with van der Waals surface area (Å²) in [6.45, 7) is 5.55. The maximum Gasteiger partial charge on any atom is 0.222 e. The number of hydrogen-bond acceptors (Lipinski definition) is 5. The van der Waals surface area contributed by atoms with Crippen molar-refractivity contribution in [1.29, 1.82) is 0 Å². The Balaban J connectivity index is 1.57. The van der Waals surface area contributed by atoms with Crippen LogP contribution in [0.4, 0.5) is 11.8 Å². The fraction of sp³-hybridized carbons (Fsp3) is 0.556. The first-order valence-electron chi connectivity index (χ1n) is 8.41. The van der Waals surface area contributed by atoms with Crippen LogP contribution in [0.3, 0.4) is 0 Å². The third-order valence-corrected chi connectivity index (χ3v) is 6.18. The Kier molecular flexibility index (Phi) is 3.15. The van der Waals surface area contributed by atoms with Gasteiger partial charge in [0.1, 0.15) is 11.6 Å². The lowest BCUT2D eigenvalue weighted by molar-refractivity contribution is -0.114. The first-order chi connectivity index (χ1) is 11.0.